The number of hydrogen-bond donors (Lipinski definition) is 0. The fraction of sp³-hybridized carbons (Fsp3) is 0.0882. The molecule has 212 valence electrons. The Kier molecular flexibility index (Phi) is 7.36. The SMILES string of the molecule is COc1ccc(-c2ccc([N+](=O)[O-])cc2-c2nnn(C(c3ccccc3)(c3ccccc3)c3ccccc3)n2)cc1OC. The van der Waals surface area contributed by atoms with Gasteiger partial charge in [-0.1, -0.05) is 97.1 Å². The summed E-state index contributed by atoms with van der Waals surface area (Å²) in [5, 5.41) is 25.9. The molecule has 0 saturated heterocycles. The first-order valence-corrected chi connectivity index (χ1v) is 13.5. The molecule has 9 heteroatoms. The van der Waals surface area contributed by atoms with E-state index >= 15 is 0 Å². The van der Waals surface area contributed by atoms with Crippen LogP contribution in [0.5, 0.6) is 11.5 Å². The molecule has 0 atom stereocenters. The van der Waals surface area contributed by atoms with E-state index in [4.69, 9.17) is 14.6 Å². The molecule has 0 aliphatic heterocycles. The average Bonchev–Trinajstić information content (AvgIpc) is 3.56. The lowest BCUT2D eigenvalue weighted by Crippen LogP contribution is -2.39. The van der Waals surface area contributed by atoms with E-state index in [1.807, 2.05) is 103 Å². The topological polar surface area (TPSA) is 105 Å². The molecular formula is C34H27N5O4. The molecule has 0 aliphatic rings. The molecule has 43 heavy (non-hydrogen) atoms. The monoisotopic (exact) mass is 569 g/mol. The van der Waals surface area contributed by atoms with Crippen molar-refractivity contribution in [1.29, 1.82) is 0 Å². The van der Waals surface area contributed by atoms with E-state index in [-0.39, 0.29) is 11.5 Å². The molecule has 0 radical (unpaired) electrons. The van der Waals surface area contributed by atoms with Crippen LogP contribution in [0.4, 0.5) is 5.69 Å². The van der Waals surface area contributed by atoms with Crippen LogP contribution in [0.15, 0.2) is 127 Å². The van der Waals surface area contributed by atoms with E-state index in [2.05, 4.69) is 10.3 Å². The summed E-state index contributed by atoms with van der Waals surface area (Å²) in [7, 11) is 3.12. The van der Waals surface area contributed by atoms with Gasteiger partial charge in [-0.05, 0) is 51.2 Å². The Morgan fingerprint density at radius 2 is 1.23 bits per heavy atom. The molecule has 0 aliphatic carbocycles. The van der Waals surface area contributed by atoms with Crippen molar-refractivity contribution in [1.82, 2.24) is 20.2 Å². The van der Waals surface area contributed by atoms with Crippen LogP contribution >= 0.6 is 0 Å². The number of hydrogen-bond acceptors (Lipinski definition) is 7. The van der Waals surface area contributed by atoms with Crippen LogP contribution in [0.2, 0.25) is 0 Å². The van der Waals surface area contributed by atoms with E-state index in [1.54, 1.807) is 31.1 Å². The van der Waals surface area contributed by atoms with Crippen molar-refractivity contribution in [2.24, 2.45) is 0 Å². The Labute approximate surface area is 248 Å². The van der Waals surface area contributed by atoms with Gasteiger partial charge < -0.3 is 9.47 Å². The van der Waals surface area contributed by atoms with Crippen molar-refractivity contribution < 1.29 is 14.4 Å². The van der Waals surface area contributed by atoms with Gasteiger partial charge in [0.2, 0.25) is 5.82 Å². The molecule has 0 spiro atoms. The van der Waals surface area contributed by atoms with Gasteiger partial charge in [0, 0.05) is 17.7 Å². The second kappa shape index (κ2) is 11.6. The fourth-order valence-electron chi connectivity index (χ4n) is 5.44. The molecule has 0 saturated carbocycles. The average molecular weight is 570 g/mol. The van der Waals surface area contributed by atoms with Gasteiger partial charge in [-0.2, -0.15) is 0 Å². The number of ether oxygens (including phenoxy) is 2. The maximum Gasteiger partial charge on any atom is 0.270 e. The van der Waals surface area contributed by atoms with Crippen molar-refractivity contribution in [2.75, 3.05) is 14.2 Å². The molecule has 0 N–H and O–H groups in total. The lowest BCUT2D eigenvalue weighted by molar-refractivity contribution is -0.384. The Hall–Kier alpha value is -5.83. The van der Waals surface area contributed by atoms with Crippen LogP contribution in [0.25, 0.3) is 22.5 Å². The minimum Gasteiger partial charge on any atom is -0.493 e. The first kappa shape index (κ1) is 27.3. The van der Waals surface area contributed by atoms with Gasteiger partial charge in [0.25, 0.3) is 5.69 Å². The molecule has 0 bridgehead atoms. The normalized spacial score (nSPS) is 11.2. The van der Waals surface area contributed by atoms with E-state index in [0.717, 1.165) is 22.3 Å². The van der Waals surface area contributed by atoms with Gasteiger partial charge in [-0.15, -0.1) is 15.0 Å². The van der Waals surface area contributed by atoms with Crippen LogP contribution in [-0.4, -0.2) is 39.4 Å². The number of nitro groups is 1. The van der Waals surface area contributed by atoms with Crippen LogP contribution in [0.1, 0.15) is 16.7 Å². The summed E-state index contributed by atoms with van der Waals surface area (Å²) in [4.78, 5) is 13.0. The second-order valence-corrected chi connectivity index (χ2v) is 9.77. The molecule has 0 fully saturated rings. The zero-order valence-electron chi connectivity index (χ0n) is 23.5. The maximum absolute atomic E-state index is 11.8. The standard InChI is InChI=1S/C34H27N5O4/c1-42-31-21-18-24(22-32(31)43-2)29-20-19-28(38(40)41)23-30(29)33-35-37-39(36-33)34(25-12-6-3-7-13-25,26-14-8-4-9-15-26)27-16-10-5-11-17-27/h3-23H,1-2H3. The molecule has 5 aromatic carbocycles. The van der Waals surface area contributed by atoms with Crippen molar-refractivity contribution >= 4 is 5.69 Å². The Balaban J connectivity index is 1.61. The summed E-state index contributed by atoms with van der Waals surface area (Å²) in [6.07, 6.45) is 0. The Morgan fingerprint density at radius 3 is 1.74 bits per heavy atom. The first-order chi connectivity index (χ1) is 21.1. The summed E-state index contributed by atoms with van der Waals surface area (Å²) < 4.78 is 10.9. The highest BCUT2D eigenvalue weighted by molar-refractivity contribution is 5.83. The number of non-ortho nitro benzene ring substituents is 1. The summed E-state index contributed by atoms with van der Waals surface area (Å²) in [5.74, 6) is 1.33. The lowest BCUT2D eigenvalue weighted by atomic mass is 9.77. The highest BCUT2D eigenvalue weighted by atomic mass is 16.6. The van der Waals surface area contributed by atoms with Gasteiger partial charge in [-0.25, -0.2) is 0 Å². The van der Waals surface area contributed by atoms with Gasteiger partial charge in [0.15, 0.2) is 17.0 Å². The summed E-state index contributed by atoms with van der Waals surface area (Å²) in [5.41, 5.74) is 3.59. The van der Waals surface area contributed by atoms with E-state index in [1.165, 1.54) is 12.1 Å². The number of methoxy groups -OCH3 is 2. The van der Waals surface area contributed by atoms with Crippen LogP contribution < -0.4 is 9.47 Å². The molecule has 1 aromatic heterocycles. The molecular weight excluding hydrogens is 542 g/mol. The number of aromatic nitrogens is 4. The number of tetrazole rings is 1. The predicted octanol–water partition coefficient (Wildman–Crippen LogP) is 6.77. The van der Waals surface area contributed by atoms with E-state index in [9.17, 15) is 10.1 Å². The zero-order valence-corrected chi connectivity index (χ0v) is 23.5. The Morgan fingerprint density at radius 1 is 0.674 bits per heavy atom. The summed E-state index contributed by atoms with van der Waals surface area (Å²) in [6, 6.07) is 40.0. The molecule has 1 heterocycles. The smallest absolute Gasteiger partial charge is 0.270 e. The van der Waals surface area contributed by atoms with Crippen molar-refractivity contribution in [2.45, 2.75) is 5.54 Å². The minimum atomic E-state index is -0.987. The van der Waals surface area contributed by atoms with Crippen molar-refractivity contribution in [3.63, 3.8) is 0 Å². The highest BCUT2D eigenvalue weighted by Gasteiger charge is 2.41. The van der Waals surface area contributed by atoms with Crippen LogP contribution in [-0.2, 0) is 5.54 Å². The zero-order chi connectivity index (χ0) is 29.8. The van der Waals surface area contributed by atoms with Crippen LogP contribution in [0.3, 0.4) is 0 Å². The third-order valence-electron chi connectivity index (χ3n) is 7.44. The van der Waals surface area contributed by atoms with Crippen molar-refractivity contribution in [3.8, 4) is 34.0 Å². The third kappa shape index (κ3) is 4.87. The second-order valence-electron chi connectivity index (χ2n) is 9.77. The molecule has 0 unspecified atom stereocenters. The Bertz CT molecular complexity index is 1780. The van der Waals surface area contributed by atoms with Gasteiger partial charge in [0.05, 0.1) is 19.1 Å². The van der Waals surface area contributed by atoms with Crippen molar-refractivity contribution in [3.05, 3.63) is 154 Å². The van der Waals surface area contributed by atoms with E-state index in [0.29, 0.717) is 22.6 Å². The third-order valence-corrected chi connectivity index (χ3v) is 7.44. The highest BCUT2D eigenvalue weighted by Crippen LogP contribution is 2.41. The van der Waals surface area contributed by atoms with Gasteiger partial charge in [0.1, 0.15) is 0 Å². The van der Waals surface area contributed by atoms with Gasteiger partial charge in [-0.3, -0.25) is 10.1 Å². The summed E-state index contributed by atoms with van der Waals surface area (Å²) >= 11 is 0. The summed E-state index contributed by atoms with van der Waals surface area (Å²) in [6.45, 7) is 0. The minimum absolute atomic E-state index is 0.0870. The lowest BCUT2D eigenvalue weighted by Gasteiger charge is -2.34. The largest absolute Gasteiger partial charge is 0.493 e. The van der Waals surface area contributed by atoms with E-state index < -0.39 is 10.5 Å². The quantitative estimate of drug-likeness (QED) is 0.107. The number of rotatable bonds is 9. The maximum atomic E-state index is 11.8. The number of benzene rings is 5. The predicted molar refractivity (Wildman–Crippen MR) is 163 cm³/mol. The first-order valence-electron chi connectivity index (χ1n) is 13.5. The molecule has 9 nitrogen and oxygen atoms in total. The van der Waals surface area contributed by atoms with Gasteiger partial charge >= 0.3 is 0 Å². The number of nitrogens with zero attached hydrogens (tertiary/aromatic N) is 5. The molecule has 0 amide bonds. The molecule has 6 rings (SSSR count). The van der Waals surface area contributed by atoms with Crippen LogP contribution in [0, 0.1) is 10.1 Å². The number of nitro benzene ring substituents is 1. The molecule has 6 aromatic rings. The fourth-order valence-corrected chi connectivity index (χ4v) is 5.44.